The number of carbonyl (C=O) groups excluding carboxylic acids is 1. The van der Waals surface area contributed by atoms with E-state index < -0.39 is 24.4 Å². The molecule has 1 aromatic heterocycles. The van der Waals surface area contributed by atoms with Crippen molar-refractivity contribution in [2.24, 2.45) is 5.92 Å². The Morgan fingerprint density at radius 3 is 2.57 bits per heavy atom. The highest BCUT2D eigenvalue weighted by atomic mass is 19.4. The Labute approximate surface area is 245 Å². The molecule has 3 N–H and O–H groups in total. The van der Waals surface area contributed by atoms with Gasteiger partial charge in [-0.3, -0.25) is 0 Å². The highest BCUT2D eigenvalue weighted by Gasteiger charge is 2.31. The third-order valence-electron chi connectivity index (χ3n) is 6.74. The zero-order valence-corrected chi connectivity index (χ0v) is 24.9. The standard InChI is InChI=1S/C30H43F3N4O5/c1-29(2,3)42-28(39)34-12-6-7-23-19-24-26(8-5-9-27(24)37(23)21-30(31,32)33)35-25-10-13-36(4)20-22(25)11-15-40-17-18-41-16-14-38/h5,8-9,19,22,25,35,38H,10-18,20-21H2,1-4H3,(H,34,39)/t22-,25-/m1/s1. The topological polar surface area (TPSA) is 97.2 Å². The van der Waals surface area contributed by atoms with E-state index in [9.17, 15) is 18.0 Å². The smallest absolute Gasteiger partial charge is 0.408 e. The Bertz CT molecular complexity index is 1220. The minimum Gasteiger partial charge on any atom is -0.444 e. The molecule has 1 aliphatic rings. The van der Waals surface area contributed by atoms with E-state index in [2.05, 4.69) is 34.4 Å². The van der Waals surface area contributed by atoms with Crippen LogP contribution in [0.4, 0.5) is 23.7 Å². The third-order valence-corrected chi connectivity index (χ3v) is 6.74. The number of nitrogens with zero attached hydrogens (tertiary/aromatic N) is 2. The van der Waals surface area contributed by atoms with Crippen LogP contribution in [0, 0.1) is 17.8 Å². The van der Waals surface area contributed by atoms with E-state index in [1.807, 2.05) is 6.07 Å². The molecule has 0 spiro atoms. The molecule has 9 nitrogen and oxygen atoms in total. The maximum Gasteiger partial charge on any atom is 0.408 e. The van der Waals surface area contributed by atoms with Crippen molar-refractivity contribution in [1.82, 2.24) is 14.8 Å². The van der Waals surface area contributed by atoms with Crippen LogP contribution in [0.1, 0.15) is 39.3 Å². The van der Waals surface area contributed by atoms with E-state index in [1.165, 1.54) is 4.57 Å². The molecule has 1 aromatic carbocycles. The maximum absolute atomic E-state index is 13.6. The molecule has 0 radical (unpaired) electrons. The predicted molar refractivity (Wildman–Crippen MR) is 155 cm³/mol. The summed E-state index contributed by atoms with van der Waals surface area (Å²) in [5.74, 6) is 5.83. The molecule has 1 amide bonds. The number of nitrogens with one attached hydrogen (secondary N) is 2. The second-order valence-electron chi connectivity index (χ2n) is 11.4. The van der Waals surface area contributed by atoms with Gasteiger partial charge in [-0.05, 0) is 77.2 Å². The lowest BCUT2D eigenvalue weighted by molar-refractivity contribution is -0.140. The SMILES string of the molecule is CN1CC[C@@H](Nc2cccc3c2cc(C#CCNC(=O)OC(C)(C)C)n3CC(F)(F)F)[C@H](CCOCCOCCO)C1. The normalized spacial score (nSPS) is 18.0. The van der Waals surface area contributed by atoms with Crippen LogP contribution in [0.25, 0.3) is 10.9 Å². The number of hydrogen-bond acceptors (Lipinski definition) is 7. The number of carbonyl (C=O) groups is 1. The lowest BCUT2D eigenvalue weighted by Crippen LogP contribution is -2.45. The Balaban J connectivity index is 1.77. The number of aliphatic hydroxyl groups excluding tert-OH is 1. The number of alkyl halides is 3. The van der Waals surface area contributed by atoms with Gasteiger partial charge < -0.3 is 39.4 Å². The Hall–Kier alpha value is -2.98. The van der Waals surface area contributed by atoms with Crippen LogP contribution < -0.4 is 10.6 Å². The average molecular weight is 597 g/mol. The number of rotatable bonds is 12. The number of halogens is 3. The summed E-state index contributed by atoms with van der Waals surface area (Å²) in [6, 6.07) is 7.07. The van der Waals surface area contributed by atoms with Crippen LogP contribution in [0.3, 0.4) is 0 Å². The molecule has 234 valence electrons. The van der Waals surface area contributed by atoms with E-state index in [4.69, 9.17) is 19.3 Å². The average Bonchev–Trinajstić information content (AvgIpc) is 3.23. The van der Waals surface area contributed by atoms with Gasteiger partial charge >= 0.3 is 12.3 Å². The molecular weight excluding hydrogens is 553 g/mol. The molecule has 2 aromatic rings. The summed E-state index contributed by atoms with van der Waals surface area (Å²) in [5, 5.41) is 15.6. The van der Waals surface area contributed by atoms with Gasteiger partial charge in [-0.15, -0.1) is 0 Å². The van der Waals surface area contributed by atoms with Crippen LogP contribution in [0.2, 0.25) is 0 Å². The van der Waals surface area contributed by atoms with Crippen molar-refractivity contribution in [3.8, 4) is 11.8 Å². The predicted octanol–water partition coefficient (Wildman–Crippen LogP) is 4.23. The molecule has 3 rings (SSSR count). The van der Waals surface area contributed by atoms with Crippen molar-refractivity contribution in [1.29, 1.82) is 0 Å². The molecule has 1 aliphatic heterocycles. The van der Waals surface area contributed by atoms with Gasteiger partial charge in [0, 0.05) is 30.3 Å². The number of hydrogen-bond donors (Lipinski definition) is 3. The van der Waals surface area contributed by atoms with Gasteiger partial charge in [0.05, 0.1) is 44.2 Å². The summed E-state index contributed by atoms with van der Waals surface area (Å²) >= 11 is 0. The first-order chi connectivity index (χ1) is 19.9. The minimum absolute atomic E-state index is 0.0204. The van der Waals surface area contributed by atoms with Gasteiger partial charge in [-0.2, -0.15) is 13.2 Å². The lowest BCUT2D eigenvalue weighted by Gasteiger charge is -2.38. The molecule has 0 unspecified atom stereocenters. The van der Waals surface area contributed by atoms with Crippen LogP contribution in [0.15, 0.2) is 24.3 Å². The number of ether oxygens (including phenoxy) is 3. The monoisotopic (exact) mass is 596 g/mol. The number of benzene rings is 1. The molecule has 2 atom stereocenters. The number of alkyl carbamates (subject to hydrolysis) is 1. The van der Waals surface area contributed by atoms with Gasteiger partial charge in [0.25, 0.3) is 0 Å². The first-order valence-corrected chi connectivity index (χ1v) is 14.2. The van der Waals surface area contributed by atoms with Crippen molar-refractivity contribution in [2.45, 2.75) is 58.0 Å². The molecular formula is C30H43F3N4O5. The molecule has 2 heterocycles. The summed E-state index contributed by atoms with van der Waals surface area (Å²) < 4.78 is 58.0. The number of amides is 1. The van der Waals surface area contributed by atoms with Crippen molar-refractivity contribution in [3.05, 3.63) is 30.0 Å². The summed E-state index contributed by atoms with van der Waals surface area (Å²) in [6.07, 6.45) is -3.40. The zero-order chi connectivity index (χ0) is 30.8. The highest BCUT2D eigenvalue weighted by Crippen LogP contribution is 2.32. The van der Waals surface area contributed by atoms with Crippen molar-refractivity contribution < 1.29 is 37.3 Å². The fourth-order valence-electron chi connectivity index (χ4n) is 4.95. The molecule has 0 aliphatic carbocycles. The molecule has 42 heavy (non-hydrogen) atoms. The summed E-state index contributed by atoms with van der Waals surface area (Å²) in [4.78, 5) is 14.2. The Morgan fingerprint density at radius 1 is 1.14 bits per heavy atom. The highest BCUT2D eigenvalue weighted by molar-refractivity contribution is 5.94. The first kappa shape index (κ1) is 33.5. The number of aliphatic hydroxyl groups is 1. The van der Waals surface area contributed by atoms with Crippen LogP contribution in [0.5, 0.6) is 0 Å². The van der Waals surface area contributed by atoms with Crippen LogP contribution in [-0.2, 0) is 20.8 Å². The van der Waals surface area contributed by atoms with Crippen molar-refractivity contribution in [3.63, 3.8) is 0 Å². The van der Waals surface area contributed by atoms with Gasteiger partial charge in [0.15, 0.2) is 0 Å². The summed E-state index contributed by atoms with van der Waals surface area (Å²) in [5.41, 5.74) is 0.716. The summed E-state index contributed by atoms with van der Waals surface area (Å²) in [7, 11) is 2.08. The van der Waals surface area contributed by atoms with Crippen molar-refractivity contribution >= 4 is 22.7 Å². The number of likely N-dealkylation sites (tertiary alicyclic amines) is 1. The third kappa shape index (κ3) is 11.0. The van der Waals surface area contributed by atoms with E-state index in [0.29, 0.717) is 30.7 Å². The maximum atomic E-state index is 13.6. The van der Waals surface area contributed by atoms with Gasteiger partial charge in [0.1, 0.15) is 12.1 Å². The second-order valence-corrected chi connectivity index (χ2v) is 11.4. The molecule has 1 saturated heterocycles. The molecule has 1 fully saturated rings. The fourth-order valence-corrected chi connectivity index (χ4v) is 4.95. The Kier molecular flexibility index (Phi) is 12.4. The van der Waals surface area contributed by atoms with Gasteiger partial charge in [0.2, 0.25) is 0 Å². The van der Waals surface area contributed by atoms with E-state index in [-0.39, 0.29) is 37.4 Å². The summed E-state index contributed by atoms with van der Waals surface area (Å²) in [6.45, 7) is 7.42. The number of fused-ring (bicyclic) bond motifs is 1. The number of anilines is 1. The zero-order valence-electron chi connectivity index (χ0n) is 24.9. The molecule has 0 bridgehead atoms. The largest absolute Gasteiger partial charge is 0.444 e. The van der Waals surface area contributed by atoms with Crippen LogP contribution >= 0.6 is 0 Å². The number of aromatic nitrogens is 1. The fraction of sp³-hybridized carbons (Fsp3) is 0.633. The lowest BCUT2D eigenvalue weighted by atomic mass is 9.89. The van der Waals surface area contributed by atoms with E-state index in [1.54, 1.807) is 39.0 Å². The minimum atomic E-state index is -4.44. The van der Waals surface area contributed by atoms with Gasteiger partial charge in [-0.25, -0.2) is 4.79 Å². The first-order valence-electron chi connectivity index (χ1n) is 14.2. The van der Waals surface area contributed by atoms with Crippen molar-refractivity contribution in [2.75, 3.05) is 65.0 Å². The number of piperidine rings is 1. The van der Waals surface area contributed by atoms with E-state index in [0.717, 1.165) is 31.6 Å². The Morgan fingerprint density at radius 2 is 1.88 bits per heavy atom. The second kappa shape index (κ2) is 15.5. The molecule has 0 saturated carbocycles. The van der Waals surface area contributed by atoms with E-state index >= 15 is 0 Å². The van der Waals surface area contributed by atoms with Crippen LogP contribution in [-0.4, -0.2) is 98.2 Å². The van der Waals surface area contributed by atoms with Gasteiger partial charge in [-0.1, -0.05) is 12.0 Å². The molecule has 12 heteroatoms. The quantitative estimate of drug-likeness (QED) is 0.249.